The third-order valence-electron chi connectivity index (χ3n) is 2.45. The van der Waals surface area contributed by atoms with Crippen LogP contribution in [0.4, 0.5) is 15.8 Å². The summed E-state index contributed by atoms with van der Waals surface area (Å²) in [5, 5.41) is 0.281. The first kappa shape index (κ1) is 16.2. The first-order valence-corrected chi connectivity index (χ1v) is 8.04. The second kappa shape index (κ2) is 5.88. The normalized spacial score (nSPS) is 11.4. The molecule has 0 atom stereocenters. The third kappa shape index (κ3) is 3.71. The molecule has 2 aromatic carbocycles. The van der Waals surface area contributed by atoms with Crippen LogP contribution in [0, 0.1) is 5.82 Å². The third-order valence-corrected chi connectivity index (χ3v) is 4.59. The molecule has 2 aromatic rings. The molecule has 0 saturated heterocycles. The zero-order valence-electron chi connectivity index (χ0n) is 10.2. The second-order valence-electron chi connectivity index (χ2n) is 4.07. The first-order chi connectivity index (χ1) is 9.69. The summed E-state index contributed by atoms with van der Waals surface area (Å²) < 4.78 is 39.9. The van der Waals surface area contributed by atoms with Crippen molar-refractivity contribution in [2.45, 2.75) is 4.90 Å². The molecule has 0 fully saturated rings. The number of hydrogen-bond donors (Lipinski definition) is 2. The summed E-state index contributed by atoms with van der Waals surface area (Å²) in [7, 11) is -4.10. The van der Waals surface area contributed by atoms with E-state index >= 15 is 0 Å². The van der Waals surface area contributed by atoms with E-state index in [0.29, 0.717) is 0 Å². The molecule has 9 heteroatoms. The second-order valence-corrected chi connectivity index (χ2v) is 7.00. The van der Waals surface area contributed by atoms with Gasteiger partial charge in [0.05, 0.1) is 20.6 Å². The highest BCUT2D eigenvalue weighted by Crippen LogP contribution is 2.35. The van der Waals surface area contributed by atoms with Crippen LogP contribution in [0.5, 0.6) is 0 Å². The Labute approximate surface area is 135 Å². The number of nitrogen functional groups attached to an aromatic ring is 1. The Hall–Kier alpha value is -1.21. The maximum absolute atomic E-state index is 13.3. The molecule has 0 aliphatic rings. The molecule has 0 bridgehead atoms. The minimum absolute atomic E-state index is 0.0143. The van der Waals surface area contributed by atoms with Gasteiger partial charge in [-0.1, -0.05) is 34.8 Å². The van der Waals surface area contributed by atoms with Crippen molar-refractivity contribution in [3.63, 3.8) is 0 Å². The monoisotopic (exact) mass is 368 g/mol. The topological polar surface area (TPSA) is 72.2 Å². The van der Waals surface area contributed by atoms with E-state index in [-0.39, 0.29) is 31.3 Å². The summed E-state index contributed by atoms with van der Waals surface area (Å²) in [5.74, 6) is -0.774. The van der Waals surface area contributed by atoms with Gasteiger partial charge >= 0.3 is 0 Å². The maximum atomic E-state index is 13.3. The molecule has 0 heterocycles. The fourth-order valence-corrected chi connectivity index (χ4v) is 3.76. The predicted molar refractivity (Wildman–Crippen MR) is 83.1 cm³/mol. The number of halogens is 4. The van der Waals surface area contributed by atoms with Gasteiger partial charge in [-0.25, -0.2) is 12.8 Å². The number of sulfonamides is 1. The van der Waals surface area contributed by atoms with Crippen molar-refractivity contribution in [1.29, 1.82) is 0 Å². The molecule has 3 N–H and O–H groups in total. The average Bonchev–Trinajstić information content (AvgIpc) is 2.32. The minimum atomic E-state index is -4.10. The molecule has 0 saturated carbocycles. The van der Waals surface area contributed by atoms with Gasteiger partial charge < -0.3 is 5.73 Å². The minimum Gasteiger partial charge on any atom is -0.399 e. The van der Waals surface area contributed by atoms with Crippen molar-refractivity contribution in [1.82, 2.24) is 0 Å². The molecule has 21 heavy (non-hydrogen) atoms. The van der Waals surface area contributed by atoms with Crippen LogP contribution < -0.4 is 10.5 Å². The van der Waals surface area contributed by atoms with Crippen LogP contribution in [0.3, 0.4) is 0 Å². The van der Waals surface area contributed by atoms with E-state index in [1.807, 2.05) is 0 Å². The highest BCUT2D eigenvalue weighted by Gasteiger charge is 2.19. The van der Waals surface area contributed by atoms with Crippen molar-refractivity contribution in [2.24, 2.45) is 0 Å². The van der Waals surface area contributed by atoms with Crippen molar-refractivity contribution in [2.75, 3.05) is 10.5 Å². The maximum Gasteiger partial charge on any atom is 0.262 e. The smallest absolute Gasteiger partial charge is 0.262 e. The predicted octanol–water partition coefficient (Wildman–Crippen LogP) is 4.17. The molecular weight excluding hydrogens is 362 g/mol. The fraction of sp³-hybridized carbons (Fsp3) is 0. The van der Waals surface area contributed by atoms with E-state index in [1.54, 1.807) is 0 Å². The van der Waals surface area contributed by atoms with Gasteiger partial charge in [0.15, 0.2) is 0 Å². The quantitative estimate of drug-likeness (QED) is 0.798. The highest BCUT2D eigenvalue weighted by atomic mass is 35.5. The van der Waals surface area contributed by atoms with Gasteiger partial charge in [-0.3, -0.25) is 4.72 Å². The van der Waals surface area contributed by atoms with Crippen LogP contribution in [0.2, 0.25) is 15.1 Å². The molecule has 4 nitrogen and oxygen atoms in total. The molecule has 0 aromatic heterocycles. The van der Waals surface area contributed by atoms with Crippen molar-refractivity contribution in [3.05, 3.63) is 51.2 Å². The molecule has 112 valence electrons. The zero-order valence-corrected chi connectivity index (χ0v) is 13.3. The van der Waals surface area contributed by atoms with Crippen molar-refractivity contribution in [3.8, 4) is 0 Å². The Morgan fingerprint density at radius 3 is 2.10 bits per heavy atom. The van der Waals surface area contributed by atoms with E-state index in [4.69, 9.17) is 40.5 Å². The number of anilines is 2. The summed E-state index contributed by atoms with van der Waals surface area (Å²) in [6.07, 6.45) is 0. The van der Waals surface area contributed by atoms with E-state index in [2.05, 4.69) is 4.72 Å². The van der Waals surface area contributed by atoms with Gasteiger partial charge in [-0.2, -0.15) is 0 Å². The molecule has 0 radical (unpaired) electrons. The summed E-state index contributed by atoms with van der Waals surface area (Å²) in [6, 6.07) is 5.60. The average molecular weight is 370 g/mol. The first-order valence-electron chi connectivity index (χ1n) is 5.42. The highest BCUT2D eigenvalue weighted by molar-refractivity contribution is 7.92. The molecule has 0 unspecified atom stereocenters. The summed E-state index contributed by atoms with van der Waals surface area (Å²) >= 11 is 17.5. The van der Waals surface area contributed by atoms with Crippen LogP contribution in [-0.2, 0) is 10.0 Å². The van der Waals surface area contributed by atoms with Gasteiger partial charge in [0.2, 0.25) is 0 Å². The van der Waals surface area contributed by atoms with Gasteiger partial charge in [-0.05, 0) is 30.3 Å². The van der Waals surface area contributed by atoms with Crippen molar-refractivity contribution < 1.29 is 12.8 Å². The number of benzene rings is 2. The lowest BCUT2D eigenvalue weighted by atomic mass is 10.3. The van der Waals surface area contributed by atoms with Crippen LogP contribution in [0.15, 0.2) is 35.2 Å². The van der Waals surface area contributed by atoms with Gasteiger partial charge in [0.1, 0.15) is 5.82 Å². The van der Waals surface area contributed by atoms with Crippen LogP contribution in [0.1, 0.15) is 0 Å². The summed E-state index contributed by atoms with van der Waals surface area (Å²) in [5.41, 5.74) is 5.35. The standard InChI is InChI=1S/C12H8Cl3FN2O2S/c13-6-1-10(14)12(11(15)2-6)18-21(19,20)9-4-7(16)3-8(17)5-9/h1-5,18H,17H2. The molecule has 0 aliphatic heterocycles. The van der Waals surface area contributed by atoms with Crippen LogP contribution >= 0.6 is 34.8 Å². The molecule has 0 spiro atoms. The lowest BCUT2D eigenvalue weighted by Crippen LogP contribution is -2.14. The molecule has 0 amide bonds. The molecule has 2 rings (SSSR count). The Kier molecular flexibility index (Phi) is 4.53. The Balaban J connectivity index is 2.47. The fourth-order valence-electron chi connectivity index (χ4n) is 1.57. The van der Waals surface area contributed by atoms with Crippen molar-refractivity contribution >= 4 is 56.2 Å². The SMILES string of the molecule is Nc1cc(F)cc(S(=O)(=O)Nc2c(Cl)cc(Cl)cc2Cl)c1. The number of nitrogens with one attached hydrogen (secondary N) is 1. The van der Waals surface area contributed by atoms with E-state index in [9.17, 15) is 12.8 Å². The van der Waals surface area contributed by atoms with Gasteiger partial charge in [0.25, 0.3) is 10.0 Å². The van der Waals surface area contributed by atoms with Gasteiger partial charge in [0, 0.05) is 10.7 Å². The lowest BCUT2D eigenvalue weighted by molar-refractivity contribution is 0.595. The Bertz CT molecular complexity index is 769. The van der Waals surface area contributed by atoms with E-state index < -0.39 is 15.8 Å². The lowest BCUT2D eigenvalue weighted by Gasteiger charge is -2.12. The largest absolute Gasteiger partial charge is 0.399 e. The van der Waals surface area contributed by atoms with E-state index in [1.165, 1.54) is 12.1 Å². The van der Waals surface area contributed by atoms with Gasteiger partial charge in [-0.15, -0.1) is 0 Å². The Morgan fingerprint density at radius 1 is 1.00 bits per heavy atom. The molecular formula is C12H8Cl3FN2O2S. The number of hydrogen-bond acceptors (Lipinski definition) is 3. The van der Waals surface area contributed by atoms with Crippen LogP contribution in [-0.4, -0.2) is 8.42 Å². The Morgan fingerprint density at radius 2 is 1.57 bits per heavy atom. The number of nitrogens with two attached hydrogens (primary N) is 1. The summed E-state index contributed by atoms with van der Waals surface area (Å²) in [6.45, 7) is 0. The zero-order chi connectivity index (χ0) is 15.8. The van der Waals surface area contributed by atoms with E-state index in [0.717, 1.165) is 18.2 Å². The van der Waals surface area contributed by atoms with Crippen LogP contribution in [0.25, 0.3) is 0 Å². The molecule has 0 aliphatic carbocycles. The summed E-state index contributed by atoms with van der Waals surface area (Å²) in [4.78, 5) is -0.345. The number of rotatable bonds is 3.